The van der Waals surface area contributed by atoms with Gasteiger partial charge in [-0.15, -0.1) is 11.3 Å². The summed E-state index contributed by atoms with van der Waals surface area (Å²) < 4.78 is 13.4. The Morgan fingerprint density at radius 1 is 1.27 bits per heavy atom. The lowest BCUT2D eigenvalue weighted by Crippen LogP contribution is -3.11. The normalized spacial score (nSPS) is 16.3. The molecule has 0 radical (unpaired) electrons. The summed E-state index contributed by atoms with van der Waals surface area (Å²) in [7, 11) is 3.35. The summed E-state index contributed by atoms with van der Waals surface area (Å²) in [6, 6.07) is 8.26. The van der Waals surface area contributed by atoms with Crippen LogP contribution in [0.2, 0.25) is 0 Å². The van der Waals surface area contributed by atoms with Crippen molar-refractivity contribution in [1.82, 2.24) is 14.8 Å². The molecule has 0 aliphatic carbocycles. The van der Waals surface area contributed by atoms with E-state index in [2.05, 4.69) is 22.2 Å². The van der Waals surface area contributed by atoms with Crippen LogP contribution in [0, 0.1) is 4.77 Å². The number of rotatable bonds is 5. The zero-order valence-electron chi connectivity index (χ0n) is 14.7. The second-order valence-electron chi connectivity index (χ2n) is 6.32. The number of aromatic nitrogens is 3. The Morgan fingerprint density at radius 2 is 2.04 bits per heavy atom. The van der Waals surface area contributed by atoms with Crippen LogP contribution in [0.1, 0.15) is 11.1 Å². The van der Waals surface area contributed by atoms with E-state index in [1.54, 1.807) is 25.6 Å². The monoisotopic (exact) mass is 389 g/mol. The molecule has 3 heterocycles. The number of nitrogens with one attached hydrogen (secondary N) is 2. The van der Waals surface area contributed by atoms with Crippen molar-refractivity contribution >= 4 is 23.6 Å². The van der Waals surface area contributed by atoms with Crippen LogP contribution in [0.3, 0.4) is 0 Å². The summed E-state index contributed by atoms with van der Waals surface area (Å²) in [5.41, 5.74) is 2.63. The lowest BCUT2D eigenvalue weighted by molar-refractivity contribution is -0.939. The Labute approximate surface area is 161 Å². The fraction of sp³-hybridized carbons (Fsp3) is 0.333. The second-order valence-corrected chi connectivity index (χ2v) is 7.63. The van der Waals surface area contributed by atoms with Crippen molar-refractivity contribution in [2.75, 3.05) is 20.8 Å². The molecule has 136 valence electrons. The first-order chi connectivity index (χ1) is 12.7. The molecule has 8 heteroatoms. The molecule has 1 aromatic carbocycles. The number of aromatic amines is 1. The van der Waals surface area contributed by atoms with E-state index >= 15 is 0 Å². The van der Waals surface area contributed by atoms with Gasteiger partial charge in [0.15, 0.2) is 24.0 Å². The lowest BCUT2D eigenvalue weighted by Gasteiger charge is -2.26. The minimum atomic E-state index is 0.596. The maximum Gasteiger partial charge on any atom is 0.221 e. The molecule has 1 aliphatic rings. The van der Waals surface area contributed by atoms with Gasteiger partial charge in [0.1, 0.15) is 6.54 Å². The highest BCUT2D eigenvalue weighted by Crippen LogP contribution is 2.31. The fourth-order valence-corrected chi connectivity index (χ4v) is 4.24. The van der Waals surface area contributed by atoms with E-state index in [-0.39, 0.29) is 0 Å². The third-order valence-corrected chi connectivity index (χ3v) is 5.90. The van der Waals surface area contributed by atoms with Crippen LogP contribution in [0.4, 0.5) is 0 Å². The molecule has 0 amide bonds. The first-order valence-corrected chi connectivity index (χ1v) is 9.75. The van der Waals surface area contributed by atoms with E-state index in [1.165, 1.54) is 16.0 Å². The van der Waals surface area contributed by atoms with Crippen LogP contribution in [0.5, 0.6) is 11.5 Å². The van der Waals surface area contributed by atoms with Gasteiger partial charge in [-0.3, -0.25) is 5.10 Å². The zero-order valence-corrected chi connectivity index (χ0v) is 16.4. The maximum absolute atomic E-state index is 5.45. The van der Waals surface area contributed by atoms with Gasteiger partial charge in [-0.05, 0) is 41.4 Å². The minimum absolute atomic E-state index is 0.596. The third-order valence-electron chi connectivity index (χ3n) is 4.71. The van der Waals surface area contributed by atoms with Gasteiger partial charge in [0.05, 0.1) is 25.6 Å². The highest BCUT2D eigenvalue weighted by atomic mass is 32.1. The van der Waals surface area contributed by atoms with Crippen molar-refractivity contribution < 1.29 is 14.4 Å². The van der Waals surface area contributed by atoms with Crippen LogP contribution in [0.25, 0.3) is 10.7 Å². The molecule has 3 aromatic rings. The van der Waals surface area contributed by atoms with Crippen molar-refractivity contribution in [3.05, 3.63) is 45.5 Å². The Kier molecular flexibility index (Phi) is 4.80. The molecule has 26 heavy (non-hydrogen) atoms. The van der Waals surface area contributed by atoms with Crippen LogP contribution in [-0.2, 0) is 19.6 Å². The molecular weight excluding hydrogens is 368 g/mol. The molecule has 0 spiro atoms. The highest BCUT2D eigenvalue weighted by Gasteiger charge is 2.23. The number of methoxy groups -OCH3 is 2. The quantitative estimate of drug-likeness (QED) is 0.658. The molecule has 1 unspecified atom stereocenters. The average molecular weight is 390 g/mol. The summed E-state index contributed by atoms with van der Waals surface area (Å²) in [5, 5.41) is 5.38. The Morgan fingerprint density at radius 3 is 2.73 bits per heavy atom. The molecule has 1 aliphatic heterocycles. The number of benzene rings is 1. The molecule has 4 rings (SSSR count). The summed E-state index contributed by atoms with van der Waals surface area (Å²) in [6.07, 6.45) is 1.00. The van der Waals surface area contributed by atoms with E-state index in [4.69, 9.17) is 21.7 Å². The average Bonchev–Trinajstić information content (AvgIpc) is 3.31. The van der Waals surface area contributed by atoms with Gasteiger partial charge in [0.25, 0.3) is 0 Å². The van der Waals surface area contributed by atoms with Gasteiger partial charge in [-0.1, -0.05) is 6.07 Å². The van der Waals surface area contributed by atoms with Crippen molar-refractivity contribution in [2.45, 2.75) is 19.6 Å². The topological polar surface area (TPSA) is 56.5 Å². The van der Waals surface area contributed by atoms with Crippen LogP contribution >= 0.6 is 23.6 Å². The summed E-state index contributed by atoms with van der Waals surface area (Å²) in [5.74, 6) is 2.42. The molecular formula is C18H21N4O2S2+. The number of quaternary nitrogens is 1. The van der Waals surface area contributed by atoms with Crippen molar-refractivity contribution in [2.24, 2.45) is 0 Å². The van der Waals surface area contributed by atoms with E-state index in [0.717, 1.165) is 48.4 Å². The number of hydrogen-bond donors (Lipinski definition) is 2. The number of H-pyrrole nitrogens is 1. The van der Waals surface area contributed by atoms with E-state index in [1.807, 2.05) is 22.2 Å². The summed E-state index contributed by atoms with van der Waals surface area (Å²) in [6.45, 7) is 2.73. The molecule has 2 aromatic heterocycles. The van der Waals surface area contributed by atoms with Gasteiger partial charge < -0.3 is 14.4 Å². The predicted octanol–water partition coefficient (Wildman–Crippen LogP) is 2.29. The van der Waals surface area contributed by atoms with Gasteiger partial charge >= 0.3 is 0 Å². The molecule has 2 N–H and O–H groups in total. The first-order valence-electron chi connectivity index (χ1n) is 8.46. The number of nitrogens with zero attached hydrogens (tertiary/aromatic N) is 2. The maximum atomic E-state index is 5.45. The molecule has 6 nitrogen and oxygen atoms in total. The van der Waals surface area contributed by atoms with Crippen molar-refractivity contribution in [1.29, 1.82) is 0 Å². The molecule has 0 saturated heterocycles. The number of thiophene rings is 1. The largest absolute Gasteiger partial charge is 0.493 e. The molecule has 0 saturated carbocycles. The summed E-state index contributed by atoms with van der Waals surface area (Å²) in [4.78, 5) is 7.03. The van der Waals surface area contributed by atoms with Crippen LogP contribution < -0.4 is 14.4 Å². The Hall–Kier alpha value is -2.16. The third kappa shape index (κ3) is 3.27. The van der Waals surface area contributed by atoms with E-state index < -0.39 is 0 Å². The van der Waals surface area contributed by atoms with Crippen LogP contribution in [0.15, 0.2) is 29.6 Å². The van der Waals surface area contributed by atoms with Gasteiger partial charge in [0.2, 0.25) is 4.77 Å². The van der Waals surface area contributed by atoms with Gasteiger partial charge in [-0.25, -0.2) is 4.68 Å². The van der Waals surface area contributed by atoms with Crippen molar-refractivity contribution in [3.8, 4) is 22.2 Å². The standard InChI is InChI=1S/C18H20N4O2S2/c1-23-14-8-12-5-6-21(10-13(12)9-15(14)24-2)11-22-18(25)19-17(20-22)16-4-3-7-26-16/h3-4,7-9H,5-6,10-11H2,1-2H3,(H,19,20,25)/p+1. The number of hydrogen-bond acceptors (Lipinski definition) is 5. The zero-order chi connectivity index (χ0) is 18.1. The van der Waals surface area contributed by atoms with Crippen LogP contribution in [-0.4, -0.2) is 35.5 Å². The van der Waals surface area contributed by atoms with Gasteiger partial charge in [-0.2, -0.15) is 4.98 Å². The Balaban J connectivity index is 1.54. The molecule has 1 atom stereocenters. The highest BCUT2D eigenvalue weighted by molar-refractivity contribution is 7.71. The minimum Gasteiger partial charge on any atom is -0.493 e. The first kappa shape index (κ1) is 17.3. The molecule has 0 fully saturated rings. The lowest BCUT2D eigenvalue weighted by atomic mass is 9.99. The SMILES string of the molecule is COc1cc2c(cc1OC)C[NH+](Cn1[nH]c(-c3cccs3)nc1=S)CC2. The Bertz CT molecular complexity index is 962. The van der Waals surface area contributed by atoms with E-state index in [9.17, 15) is 0 Å². The van der Waals surface area contributed by atoms with Crippen molar-refractivity contribution in [3.63, 3.8) is 0 Å². The smallest absolute Gasteiger partial charge is 0.221 e. The number of ether oxygens (including phenoxy) is 2. The number of fused-ring (bicyclic) bond motifs is 1. The summed E-state index contributed by atoms with van der Waals surface area (Å²) >= 11 is 7.10. The predicted molar refractivity (Wildman–Crippen MR) is 104 cm³/mol. The second kappa shape index (κ2) is 7.22. The van der Waals surface area contributed by atoms with Gasteiger partial charge in [0, 0.05) is 12.0 Å². The van der Waals surface area contributed by atoms with E-state index in [0.29, 0.717) is 4.77 Å². The fourth-order valence-electron chi connectivity index (χ4n) is 3.38. The molecule has 0 bridgehead atoms.